The Morgan fingerprint density at radius 3 is 2.35 bits per heavy atom. The summed E-state index contributed by atoms with van der Waals surface area (Å²) in [6.07, 6.45) is -0.876. The molecule has 0 amide bonds. The number of benzene rings is 2. The standard InChI is InChI=1S/C14H10FNO/c15-13-3-1-2-12(8-13)14(17)11-6-4-10(9-16)5-7-11/h1-8,14,17H/t14-/m0/s1. The maximum Gasteiger partial charge on any atom is 0.123 e. The highest BCUT2D eigenvalue weighted by atomic mass is 19.1. The van der Waals surface area contributed by atoms with E-state index in [9.17, 15) is 9.50 Å². The van der Waals surface area contributed by atoms with Gasteiger partial charge in [-0.05, 0) is 35.4 Å². The van der Waals surface area contributed by atoms with E-state index >= 15 is 0 Å². The van der Waals surface area contributed by atoms with Crippen molar-refractivity contribution in [2.45, 2.75) is 6.10 Å². The molecule has 0 aliphatic carbocycles. The Morgan fingerprint density at radius 1 is 1.06 bits per heavy atom. The number of hydrogen-bond acceptors (Lipinski definition) is 2. The molecule has 3 heteroatoms. The van der Waals surface area contributed by atoms with Gasteiger partial charge >= 0.3 is 0 Å². The highest BCUT2D eigenvalue weighted by Gasteiger charge is 2.10. The Hall–Kier alpha value is -2.18. The lowest BCUT2D eigenvalue weighted by molar-refractivity contribution is 0.220. The lowest BCUT2D eigenvalue weighted by Crippen LogP contribution is -1.99. The van der Waals surface area contributed by atoms with Gasteiger partial charge in [0, 0.05) is 0 Å². The molecule has 0 heterocycles. The van der Waals surface area contributed by atoms with Gasteiger partial charge in [-0.1, -0.05) is 24.3 Å². The van der Waals surface area contributed by atoms with Gasteiger partial charge in [0.2, 0.25) is 0 Å². The highest BCUT2D eigenvalue weighted by molar-refractivity contribution is 5.36. The Kier molecular flexibility index (Phi) is 3.17. The molecule has 0 unspecified atom stereocenters. The molecule has 2 nitrogen and oxygen atoms in total. The van der Waals surface area contributed by atoms with E-state index in [0.29, 0.717) is 16.7 Å². The van der Waals surface area contributed by atoms with Crippen LogP contribution in [-0.4, -0.2) is 5.11 Å². The first-order chi connectivity index (χ1) is 8.20. The van der Waals surface area contributed by atoms with Crippen LogP contribution in [0.1, 0.15) is 22.8 Å². The van der Waals surface area contributed by atoms with Gasteiger partial charge in [0.1, 0.15) is 11.9 Å². The van der Waals surface area contributed by atoms with E-state index < -0.39 is 6.10 Å². The lowest BCUT2D eigenvalue weighted by atomic mass is 10.0. The second kappa shape index (κ2) is 4.77. The van der Waals surface area contributed by atoms with Crippen molar-refractivity contribution in [3.05, 3.63) is 71.0 Å². The molecule has 1 atom stereocenters. The third-order valence-electron chi connectivity index (χ3n) is 2.52. The van der Waals surface area contributed by atoms with E-state index in [1.807, 2.05) is 6.07 Å². The van der Waals surface area contributed by atoms with Crippen LogP contribution in [0.2, 0.25) is 0 Å². The minimum atomic E-state index is -0.876. The molecule has 0 bridgehead atoms. The molecule has 2 rings (SSSR count). The molecule has 2 aromatic carbocycles. The van der Waals surface area contributed by atoms with E-state index in [4.69, 9.17) is 5.26 Å². The van der Waals surface area contributed by atoms with Crippen LogP contribution >= 0.6 is 0 Å². The number of nitriles is 1. The molecule has 0 fully saturated rings. The quantitative estimate of drug-likeness (QED) is 0.857. The van der Waals surface area contributed by atoms with Crippen molar-refractivity contribution < 1.29 is 9.50 Å². The number of halogens is 1. The fourth-order valence-corrected chi connectivity index (χ4v) is 1.61. The van der Waals surface area contributed by atoms with Crippen LogP contribution in [0, 0.1) is 17.1 Å². The van der Waals surface area contributed by atoms with Gasteiger partial charge in [-0.2, -0.15) is 5.26 Å². The summed E-state index contributed by atoms with van der Waals surface area (Å²) in [5.41, 5.74) is 1.66. The molecular formula is C14H10FNO. The van der Waals surface area contributed by atoms with Crippen molar-refractivity contribution in [2.75, 3.05) is 0 Å². The van der Waals surface area contributed by atoms with Crippen LogP contribution in [0.3, 0.4) is 0 Å². The number of rotatable bonds is 2. The van der Waals surface area contributed by atoms with Crippen LogP contribution in [0.15, 0.2) is 48.5 Å². The summed E-state index contributed by atoms with van der Waals surface area (Å²) in [5.74, 6) is -0.379. The number of aliphatic hydroxyl groups is 1. The number of hydrogen-bond donors (Lipinski definition) is 1. The third kappa shape index (κ3) is 2.49. The van der Waals surface area contributed by atoms with Crippen LogP contribution in [0.5, 0.6) is 0 Å². The molecule has 0 saturated heterocycles. The molecule has 84 valence electrons. The molecule has 0 aliphatic rings. The summed E-state index contributed by atoms with van der Waals surface area (Å²) in [7, 11) is 0. The molecule has 0 spiro atoms. The average molecular weight is 227 g/mol. The van der Waals surface area contributed by atoms with Crippen LogP contribution in [0.4, 0.5) is 4.39 Å². The third-order valence-corrected chi connectivity index (χ3v) is 2.52. The van der Waals surface area contributed by atoms with Gasteiger partial charge in [0.25, 0.3) is 0 Å². The summed E-state index contributed by atoms with van der Waals surface area (Å²) < 4.78 is 13.0. The predicted molar refractivity (Wildman–Crippen MR) is 61.6 cm³/mol. The highest BCUT2D eigenvalue weighted by Crippen LogP contribution is 2.22. The van der Waals surface area contributed by atoms with Gasteiger partial charge < -0.3 is 5.11 Å². The average Bonchev–Trinajstić information content (AvgIpc) is 2.38. The first-order valence-electron chi connectivity index (χ1n) is 5.14. The molecule has 0 radical (unpaired) electrons. The van der Waals surface area contributed by atoms with E-state index in [2.05, 4.69) is 0 Å². The number of nitrogens with zero attached hydrogens (tertiary/aromatic N) is 1. The van der Waals surface area contributed by atoms with Gasteiger partial charge in [0.15, 0.2) is 0 Å². The van der Waals surface area contributed by atoms with Gasteiger partial charge in [0.05, 0.1) is 11.6 Å². The van der Waals surface area contributed by atoms with Crippen molar-refractivity contribution in [3.8, 4) is 6.07 Å². The SMILES string of the molecule is N#Cc1ccc([C@H](O)c2cccc(F)c2)cc1. The largest absolute Gasteiger partial charge is 0.384 e. The zero-order chi connectivity index (χ0) is 12.3. The minimum Gasteiger partial charge on any atom is -0.384 e. The fourth-order valence-electron chi connectivity index (χ4n) is 1.61. The Labute approximate surface area is 98.6 Å². The van der Waals surface area contributed by atoms with Gasteiger partial charge in [-0.15, -0.1) is 0 Å². The fraction of sp³-hybridized carbons (Fsp3) is 0.0714. The first-order valence-corrected chi connectivity index (χ1v) is 5.14. The Bertz CT molecular complexity index is 557. The smallest absolute Gasteiger partial charge is 0.123 e. The molecule has 0 aliphatic heterocycles. The summed E-state index contributed by atoms with van der Waals surface area (Å²) in [6.45, 7) is 0. The zero-order valence-corrected chi connectivity index (χ0v) is 8.97. The Balaban J connectivity index is 2.30. The first kappa shape index (κ1) is 11.3. The molecule has 0 saturated carbocycles. The van der Waals surface area contributed by atoms with Crippen LogP contribution in [0.25, 0.3) is 0 Å². The summed E-state index contributed by atoms with van der Waals surface area (Å²) in [5, 5.41) is 18.7. The monoisotopic (exact) mass is 227 g/mol. The van der Waals surface area contributed by atoms with Crippen LogP contribution < -0.4 is 0 Å². The summed E-state index contributed by atoms with van der Waals surface area (Å²) in [6, 6.07) is 14.4. The van der Waals surface area contributed by atoms with Gasteiger partial charge in [-0.25, -0.2) is 4.39 Å². The molecular weight excluding hydrogens is 217 g/mol. The van der Waals surface area contributed by atoms with Crippen molar-refractivity contribution in [2.24, 2.45) is 0 Å². The summed E-state index contributed by atoms with van der Waals surface area (Å²) in [4.78, 5) is 0. The molecule has 1 N–H and O–H groups in total. The van der Waals surface area contributed by atoms with E-state index in [-0.39, 0.29) is 5.82 Å². The maximum absolute atomic E-state index is 13.0. The van der Waals surface area contributed by atoms with E-state index in [1.54, 1.807) is 36.4 Å². The zero-order valence-electron chi connectivity index (χ0n) is 8.97. The van der Waals surface area contributed by atoms with E-state index in [0.717, 1.165) is 0 Å². The molecule has 17 heavy (non-hydrogen) atoms. The van der Waals surface area contributed by atoms with Crippen molar-refractivity contribution >= 4 is 0 Å². The summed E-state index contributed by atoms with van der Waals surface area (Å²) >= 11 is 0. The van der Waals surface area contributed by atoms with Crippen molar-refractivity contribution in [1.29, 1.82) is 5.26 Å². The van der Waals surface area contributed by atoms with Crippen LogP contribution in [-0.2, 0) is 0 Å². The van der Waals surface area contributed by atoms with E-state index in [1.165, 1.54) is 12.1 Å². The van der Waals surface area contributed by atoms with Crippen molar-refractivity contribution in [3.63, 3.8) is 0 Å². The van der Waals surface area contributed by atoms with Gasteiger partial charge in [-0.3, -0.25) is 0 Å². The normalized spacial score (nSPS) is 11.8. The maximum atomic E-state index is 13.0. The lowest BCUT2D eigenvalue weighted by Gasteiger charge is -2.11. The van der Waals surface area contributed by atoms with Crippen molar-refractivity contribution in [1.82, 2.24) is 0 Å². The predicted octanol–water partition coefficient (Wildman–Crippen LogP) is 2.78. The topological polar surface area (TPSA) is 44.0 Å². The molecule has 2 aromatic rings. The Morgan fingerprint density at radius 2 is 1.76 bits per heavy atom. The minimum absolute atomic E-state index is 0.379. The second-order valence-corrected chi connectivity index (χ2v) is 3.69. The molecule has 0 aromatic heterocycles. The second-order valence-electron chi connectivity index (χ2n) is 3.69. The number of aliphatic hydroxyl groups excluding tert-OH is 1.